The molecule has 0 aliphatic heterocycles. The van der Waals surface area contributed by atoms with E-state index in [-0.39, 0.29) is 5.91 Å². The van der Waals surface area contributed by atoms with Crippen LogP contribution in [0.5, 0.6) is 5.75 Å². The lowest BCUT2D eigenvalue weighted by Crippen LogP contribution is -2.25. The van der Waals surface area contributed by atoms with Crippen molar-refractivity contribution >= 4 is 17.5 Å². The Labute approximate surface area is 126 Å². The summed E-state index contributed by atoms with van der Waals surface area (Å²) >= 11 is 5.60. The molecule has 0 atom stereocenters. The summed E-state index contributed by atoms with van der Waals surface area (Å²) in [6.45, 7) is 4.72. The molecule has 0 N–H and O–H groups in total. The Balaban J connectivity index is 2.42. The molecule has 1 aromatic rings. The number of alkyl halides is 1. The van der Waals surface area contributed by atoms with Crippen molar-refractivity contribution in [3.05, 3.63) is 42.5 Å². The average Bonchev–Trinajstić information content (AvgIpc) is 2.46. The Morgan fingerprint density at radius 2 is 2.05 bits per heavy atom. The number of unbranched alkanes of at least 4 members (excludes halogenated alkanes) is 1. The maximum Gasteiger partial charge on any atom is 0.222 e. The van der Waals surface area contributed by atoms with Crippen LogP contribution in [0, 0.1) is 0 Å². The zero-order chi connectivity index (χ0) is 14.8. The molecule has 0 saturated carbocycles. The molecule has 0 aromatic heterocycles. The summed E-state index contributed by atoms with van der Waals surface area (Å²) in [6, 6.07) is 7.76. The van der Waals surface area contributed by atoms with Crippen molar-refractivity contribution in [2.75, 3.05) is 19.5 Å². The number of nitrogens with zero attached hydrogens (tertiary/aromatic N) is 1. The smallest absolute Gasteiger partial charge is 0.222 e. The molecule has 0 unspecified atom stereocenters. The van der Waals surface area contributed by atoms with Crippen LogP contribution < -0.4 is 4.74 Å². The normalized spacial score (nSPS) is 10.1. The summed E-state index contributed by atoms with van der Waals surface area (Å²) in [7, 11) is 1.82. The molecule has 110 valence electrons. The minimum atomic E-state index is 0.155. The number of ether oxygens (including phenoxy) is 1. The Morgan fingerprint density at radius 1 is 1.35 bits per heavy atom. The van der Waals surface area contributed by atoms with Gasteiger partial charge in [-0.25, -0.2) is 0 Å². The number of hydrogen-bond acceptors (Lipinski definition) is 2. The highest BCUT2D eigenvalue weighted by Crippen LogP contribution is 2.14. The molecule has 0 saturated heterocycles. The van der Waals surface area contributed by atoms with Crippen molar-refractivity contribution in [3.63, 3.8) is 0 Å². The van der Waals surface area contributed by atoms with Gasteiger partial charge in [-0.3, -0.25) is 4.79 Å². The number of amides is 1. The number of halogens is 1. The van der Waals surface area contributed by atoms with E-state index in [1.165, 1.54) is 0 Å². The highest BCUT2D eigenvalue weighted by atomic mass is 35.5. The highest BCUT2D eigenvalue weighted by molar-refractivity contribution is 6.17. The van der Waals surface area contributed by atoms with Crippen molar-refractivity contribution in [1.82, 2.24) is 4.90 Å². The summed E-state index contributed by atoms with van der Waals surface area (Å²) in [5.41, 5.74) is 1.09. The first-order valence-electron chi connectivity index (χ1n) is 6.80. The molecule has 0 spiro atoms. The standard InChI is InChI=1S/C16H22ClNO2/c1-3-12-20-15-9-7-14(8-10-15)13-18(2)16(19)6-4-5-11-17/h3,7-10H,1,4-6,11-13H2,2H3. The Morgan fingerprint density at radius 3 is 2.65 bits per heavy atom. The third-order valence-electron chi connectivity index (χ3n) is 2.91. The van der Waals surface area contributed by atoms with Gasteiger partial charge in [-0.05, 0) is 30.5 Å². The molecule has 0 aliphatic rings. The minimum Gasteiger partial charge on any atom is -0.490 e. The molecule has 0 fully saturated rings. The monoisotopic (exact) mass is 295 g/mol. The summed E-state index contributed by atoms with van der Waals surface area (Å²) in [5.74, 6) is 1.58. The number of carbonyl (C=O) groups is 1. The van der Waals surface area contributed by atoms with Gasteiger partial charge in [0.05, 0.1) is 0 Å². The molecule has 1 amide bonds. The van der Waals surface area contributed by atoms with E-state index in [9.17, 15) is 4.79 Å². The number of benzene rings is 1. The molecule has 0 radical (unpaired) electrons. The lowest BCUT2D eigenvalue weighted by atomic mass is 10.2. The first kappa shape index (κ1) is 16.6. The summed E-state index contributed by atoms with van der Waals surface area (Å²) in [5, 5.41) is 0. The van der Waals surface area contributed by atoms with Gasteiger partial charge in [-0.2, -0.15) is 0 Å². The largest absolute Gasteiger partial charge is 0.490 e. The molecule has 1 aromatic carbocycles. The van der Waals surface area contributed by atoms with E-state index in [4.69, 9.17) is 16.3 Å². The highest BCUT2D eigenvalue weighted by Gasteiger charge is 2.08. The van der Waals surface area contributed by atoms with E-state index in [0.29, 0.717) is 25.5 Å². The van der Waals surface area contributed by atoms with Crippen molar-refractivity contribution < 1.29 is 9.53 Å². The van der Waals surface area contributed by atoms with Gasteiger partial charge in [0.15, 0.2) is 0 Å². The molecule has 0 heterocycles. The first-order valence-corrected chi connectivity index (χ1v) is 7.33. The summed E-state index contributed by atoms with van der Waals surface area (Å²) in [6.07, 6.45) is 4.00. The number of carbonyl (C=O) groups excluding carboxylic acids is 1. The van der Waals surface area contributed by atoms with Gasteiger partial charge in [0.2, 0.25) is 5.91 Å². The zero-order valence-corrected chi connectivity index (χ0v) is 12.7. The van der Waals surface area contributed by atoms with Crippen LogP contribution in [0.25, 0.3) is 0 Å². The van der Waals surface area contributed by atoms with E-state index in [1.807, 2.05) is 31.3 Å². The third-order valence-corrected chi connectivity index (χ3v) is 3.18. The van der Waals surface area contributed by atoms with Gasteiger partial charge >= 0.3 is 0 Å². The second kappa shape index (κ2) is 9.43. The molecule has 3 nitrogen and oxygen atoms in total. The second-order valence-corrected chi connectivity index (χ2v) is 5.02. The fourth-order valence-corrected chi connectivity index (χ4v) is 1.96. The average molecular weight is 296 g/mol. The molecule has 0 bridgehead atoms. The minimum absolute atomic E-state index is 0.155. The second-order valence-electron chi connectivity index (χ2n) is 4.64. The maximum atomic E-state index is 11.9. The third kappa shape index (κ3) is 6.11. The summed E-state index contributed by atoms with van der Waals surface area (Å²) in [4.78, 5) is 13.6. The molecular formula is C16H22ClNO2. The van der Waals surface area contributed by atoms with E-state index in [2.05, 4.69) is 6.58 Å². The van der Waals surface area contributed by atoms with Crippen LogP contribution in [0.2, 0.25) is 0 Å². The Bertz CT molecular complexity index is 417. The quantitative estimate of drug-likeness (QED) is 0.396. The topological polar surface area (TPSA) is 29.5 Å². The molecular weight excluding hydrogens is 274 g/mol. The van der Waals surface area contributed by atoms with Crippen LogP contribution >= 0.6 is 11.6 Å². The van der Waals surface area contributed by atoms with Crippen molar-refractivity contribution in [2.24, 2.45) is 0 Å². The fraction of sp³-hybridized carbons (Fsp3) is 0.438. The van der Waals surface area contributed by atoms with E-state index in [1.54, 1.807) is 11.0 Å². The van der Waals surface area contributed by atoms with Crippen LogP contribution in [0.4, 0.5) is 0 Å². The van der Waals surface area contributed by atoms with Gasteiger partial charge in [-0.15, -0.1) is 11.6 Å². The van der Waals surface area contributed by atoms with Gasteiger partial charge in [-0.1, -0.05) is 24.8 Å². The SMILES string of the molecule is C=CCOc1ccc(CN(C)C(=O)CCCCCl)cc1. The van der Waals surface area contributed by atoms with Crippen molar-refractivity contribution in [3.8, 4) is 5.75 Å². The molecule has 1 rings (SSSR count). The Hall–Kier alpha value is -1.48. The van der Waals surface area contributed by atoms with E-state index in [0.717, 1.165) is 24.2 Å². The summed E-state index contributed by atoms with van der Waals surface area (Å²) < 4.78 is 5.42. The van der Waals surface area contributed by atoms with Crippen LogP contribution in [0.3, 0.4) is 0 Å². The predicted octanol–water partition coefficient (Wildman–Crippen LogP) is 3.62. The van der Waals surface area contributed by atoms with Crippen LogP contribution in [-0.4, -0.2) is 30.3 Å². The van der Waals surface area contributed by atoms with Crippen LogP contribution in [0.1, 0.15) is 24.8 Å². The van der Waals surface area contributed by atoms with E-state index >= 15 is 0 Å². The molecule has 0 aliphatic carbocycles. The first-order chi connectivity index (χ1) is 9.67. The van der Waals surface area contributed by atoms with Crippen molar-refractivity contribution in [2.45, 2.75) is 25.8 Å². The zero-order valence-electron chi connectivity index (χ0n) is 12.0. The van der Waals surface area contributed by atoms with Gasteiger partial charge in [0.25, 0.3) is 0 Å². The molecule has 20 heavy (non-hydrogen) atoms. The van der Waals surface area contributed by atoms with Crippen LogP contribution in [0.15, 0.2) is 36.9 Å². The molecule has 4 heteroatoms. The van der Waals surface area contributed by atoms with E-state index < -0.39 is 0 Å². The lowest BCUT2D eigenvalue weighted by Gasteiger charge is -2.17. The fourth-order valence-electron chi connectivity index (χ4n) is 1.77. The van der Waals surface area contributed by atoms with Gasteiger partial charge in [0, 0.05) is 25.9 Å². The predicted molar refractivity (Wildman–Crippen MR) is 83.2 cm³/mol. The Kier molecular flexibility index (Phi) is 7.81. The van der Waals surface area contributed by atoms with Gasteiger partial charge < -0.3 is 9.64 Å². The van der Waals surface area contributed by atoms with Crippen molar-refractivity contribution in [1.29, 1.82) is 0 Å². The lowest BCUT2D eigenvalue weighted by molar-refractivity contribution is -0.130. The van der Waals surface area contributed by atoms with Crippen LogP contribution in [-0.2, 0) is 11.3 Å². The number of hydrogen-bond donors (Lipinski definition) is 0. The number of rotatable bonds is 9. The maximum absolute atomic E-state index is 11.9. The van der Waals surface area contributed by atoms with Gasteiger partial charge in [0.1, 0.15) is 12.4 Å².